The number of nitro groups is 1. The van der Waals surface area contributed by atoms with Gasteiger partial charge in [-0.05, 0) is 17.7 Å². The standard InChI is InChI=1S/C11H9NO6/c1-16-9-3-7(2-8(5-13)12(14)15)4-10-11(9)18-6-17-10/h2-5H,6H2,1H3/b8-2+. The second kappa shape index (κ2) is 4.74. The molecule has 1 aliphatic heterocycles. The van der Waals surface area contributed by atoms with Crippen LogP contribution in [0.4, 0.5) is 0 Å². The number of nitrogens with zero attached hydrogens (tertiary/aromatic N) is 1. The van der Waals surface area contributed by atoms with Crippen LogP contribution in [0.5, 0.6) is 17.2 Å². The van der Waals surface area contributed by atoms with Gasteiger partial charge in [-0.25, -0.2) is 0 Å². The van der Waals surface area contributed by atoms with Crippen LogP contribution in [-0.4, -0.2) is 25.1 Å². The molecule has 0 aliphatic carbocycles. The van der Waals surface area contributed by atoms with Gasteiger partial charge >= 0.3 is 5.70 Å². The molecule has 7 nitrogen and oxygen atoms in total. The van der Waals surface area contributed by atoms with Crippen LogP contribution in [-0.2, 0) is 4.79 Å². The molecule has 0 unspecified atom stereocenters. The smallest absolute Gasteiger partial charge is 0.309 e. The number of methoxy groups -OCH3 is 1. The maximum atomic E-state index is 10.5. The van der Waals surface area contributed by atoms with E-state index in [0.29, 0.717) is 22.8 Å². The van der Waals surface area contributed by atoms with Gasteiger partial charge in [0.15, 0.2) is 11.5 Å². The highest BCUT2D eigenvalue weighted by Crippen LogP contribution is 2.42. The summed E-state index contributed by atoms with van der Waals surface area (Å²) in [5.41, 5.74) is -0.120. The Labute approximate surface area is 102 Å². The molecule has 0 aromatic heterocycles. The molecule has 1 aromatic rings. The minimum absolute atomic E-state index is 0.0641. The van der Waals surface area contributed by atoms with Gasteiger partial charge in [0.2, 0.25) is 18.8 Å². The van der Waals surface area contributed by atoms with Crippen molar-refractivity contribution >= 4 is 12.4 Å². The molecule has 1 heterocycles. The number of benzene rings is 1. The van der Waals surface area contributed by atoms with Crippen LogP contribution in [0.3, 0.4) is 0 Å². The fourth-order valence-electron chi connectivity index (χ4n) is 1.53. The third-order valence-electron chi connectivity index (χ3n) is 2.33. The summed E-state index contributed by atoms with van der Waals surface area (Å²) >= 11 is 0. The van der Waals surface area contributed by atoms with E-state index in [2.05, 4.69) is 0 Å². The van der Waals surface area contributed by atoms with Gasteiger partial charge < -0.3 is 14.2 Å². The predicted molar refractivity (Wildman–Crippen MR) is 60.2 cm³/mol. The average molecular weight is 251 g/mol. The van der Waals surface area contributed by atoms with Crippen molar-refractivity contribution in [2.75, 3.05) is 13.9 Å². The lowest BCUT2D eigenvalue weighted by atomic mass is 10.1. The molecule has 0 spiro atoms. The molecule has 0 saturated carbocycles. The number of rotatable bonds is 4. The predicted octanol–water partition coefficient (Wildman–Crippen LogP) is 1.24. The Morgan fingerprint density at radius 3 is 2.89 bits per heavy atom. The Bertz CT molecular complexity index is 537. The highest BCUT2D eigenvalue weighted by atomic mass is 16.7. The molecule has 2 rings (SSSR count). The summed E-state index contributed by atoms with van der Waals surface area (Å²) < 4.78 is 15.4. The third-order valence-corrected chi connectivity index (χ3v) is 2.33. The van der Waals surface area contributed by atoms with Gasteiger partial charge in [-0.15, -0.1) is 0 Å². The summed E-state index contributed by atoms with van der Waals surface area (Å²) in [4.78, 5) is 20.3. The molecule has 1 aromatic carbocycles. The second-order valence-corrected chi connectivity index (χ2v) is 3.40. The van der Waals surface area contributed by atoms with Crippen molar-refractivity contribution in [2.45, 2.75) is 0 Å². The van der Waals surface area contributed by atoms with E-state index in [1.54, 1.807) is 0 Å². The van der Waals surface area contributed by atoms with E-state index in [0.717, 1.165) is 6.08 Å². The van der Waals surface area contributed by atoms with E-state index in [9.17, 15) is 14.9 Å². The van der Waals surface area contributed by atoms with Crippen LogP contribution in [0.15, 0.2) is 17.8 Å². The first-order valence-electron chi connectivity index (χ1n) is 4.94. The second-order valence-electron chi connectivity index (χ2n) is 3.40. The number of ether oxygens (including phenoxy) is 3. The highest BCUT2D eigenvalue weighted by molar-refractivity contribution is 5.79. The zero-order valence-electron chi connectivity index (χ0n) is 9.41. The maximum absolute atomic E-state index is 10.5. The van der Waals surface area contributed by atoms with Crippen molar-refractivity contribution in [1.82, 2.24) is 0 Å². The molecule has 0 bridgehead atoms. The summed E-state index contributed by atoms with van der Waals surface area (Å²) in [5.74, 6) is 1.27. The average Bonchev–Trinajstić information content (AvgIpc) is 2.82. The van der Waals surface area contributed by atoms with E-state index in [1.807, 2.05) is 0 Å². The number of carbonyl (C=O) groups is 1. The molecule has 0 atom stereocenters. The molecule has 0 radical (unpaired) electrons. The van der Waals surface area contributed by atoms with E-state index >= 15 is 0 Å². The zero-order valence-corrected chi connectivity index (χ0v) is 9.41. The number of fused-ring (bicyclic) bond motifs is 1. The molecule has 0 saturated heterocycles. The molecule has 7 heteroatoms. The van der Waals surface area contributed by atoms with Crippen molar-refractivity contribution in [3.8, 4) is 17.2 Å². The van der Waals surface area contributed by atoms with Gasteiger partial charge in [-0.3, -0.25) is 14.9 Å². The van der Waals surface area contributed by atoms with Crippen molar-refractivity contribution in [3.05, 3.63) is 33.5 Å². The summed E-state index contributed by atoms with van der Waals surface area (Å²) in [6, 6.07) is 3.07. The van der Waals surface area contributed by atoms with E-state index in [-0.39, 0.29) is 13.1 Å². The Balaban J connectivity index is 2.47. The van der Waals surface area contributed by atoms with Gasteiger partial charge in [-0.2, -0.15) is 0 Å². The first-order chi connectivity index (χ1) is 8.65. The van der Waals surface area contributed by atoms with Crippen molar-refractivity contribution in [3.63, 3.8) is 0 Å². The van der Waals surface area contributed by atoms with Crippen molar-refractivity contribution in [2.24, 2.45) is 0 Å². The largest absolute Gasteiger partial charge is 0.493 e. The van der Waals surface area contributed by atoms with Gasteiger partial charge in [0.1, 0.15) is 0 Å². The molecule has 1 aliphatic rings. The monoisotopic (exact) mass is 251 g/mol. The molecule has 0 fully saturated rings. The third kappa shape index (κ3) is 2.10. The molecule has 94 valence electrons. The lowest BCUT2D eigenvalue weighted by Crippen LogP contribution is -1.99. The minimum atomic E-state index is -0.760. The number of carbonyl (C=O) groups excluding carboxylic acids is 1. The van der Waals surface area contributed by atoms with Crippen LogP contribution >= 0.6 is 0 Å². The van der Waals surface area contributed by atoms with Crippen LogP contribution in [0, 0.1) is 10.1 Å². The first-order valence-corrected chi connectivity index (χ1v) is 4.94. The Morgan fingerprint density at radius 1 is 1.50 bits per heavy atom. The maximum Gasteiger partial charge on any atom is 0.309 e. The van der Waals surface area contributed by atoms with E-state index in [1.165, 1.54) is 19.2 Å². The fourth-order valence-corrected chi connectivity index (χ4v) is 1.53. The van der Waals surface area contributed by atoms with Crippen LogP contribution < -0.4 is 14.2 Å². The zero-order chi connectivity index (χ0) is 13.1. The number of hydrogen-bond donors (Lipinski definition) is 0. The van der Waals surface area contributed by atoms with Gasteiger partial charge in [-0.1, -0.05) is 0 Å². The van der Waals surface area contributed by atoms with Gasteiger partial charge in [0.25, 0.3) is 0 Å². The van der Waals surface area contributed by atoms with Crippen LogP contribution in [0.2, 0.25) is 0 Å². The SMILES string of the molecule is COc1cc(/C=C(\C=O)[N+](=O)[O-])cc2c1OCO2. The number of hydrogen-bond acceptors (Lipinski definition) is 6. The molecule has 0 amide bonds. The van der Waals surface area contributed by atoms with E-state index in [4.69, 9.17) is 14.2 Å². The van der Waals surface area contributed by atoms with Crippen molar-refractivity contribution < 1.29 is 23.9 Å². The quantitative estimate of drug-likeness (QED) is 0.346. The number of aldehydes is 1. The van der Waals surface area contributed by atoms with Gasteiger partial charge in [0, 0.05) is 6.08 Å². The van der Waals surface area contributed by atoms with Crippen molar-refractivity contribution in [1.29, 1.82) is 0 Å². The highest BCUT2D eigenvalue weighted by Gasteiger charge is 2.20. The lowest BCUT2D eigenvalue weighted by molar-refractivity contribution is -0.415. The van der Waals surface area contributed by atoms with Crippen LogP contribution in [0.25, 0.3) is 6.08 Å². The molecule has 18 heavy (non-hydrogen) atoms. The lowest BCUT2D eigenvalue weighted by Gasteiger charge is -2.05. The van der Waals surface area contributed by atoms with E-state index < -0.39 is 10.6 Å². The normalized spacial score (nSPS) is 13.3. The molecular formula is C11H9NO6. The Morgan fingerprint density at radius 2 is 2.28 bits per heavy atom. The molecule has 0 N–H and O–H groups in total. The summed E-state index contributed by atoms with van der Waals surface area (Å²) in [6.45, 7) is 0.0641. The van der Waals surface area contributed by atoms with Crippen LogP contribution in [0.1, 0.15) is 5.56 Å². The first kappa shape index (κ1) is 11.9. The Kier molecular flexibility index (Phi) is 3.13. The summed E-state index contributed by atoms with van der Waals surface area (Å²) in [6.07, 6.45) is 1.31. The number of allylic oxidation sites excluding steroid dienone is 1. The minimum Gasteiger partial charge on any atom is -0.493 e. The molecular weight excluding hydrogens is 242 g/mol. The Hall–Kier alpha value is -2.57. The summed E-state index contributed by atoms with van der Waals surface area (Å²) in [5, 5.41) is 10.5. The fraction of sp³-hybridized carbons (Fsp3) is 0.182. The topological polar surface area (TPSA) is 87.9 Å². The summed E-state index contributed by atoms with van der Waals surface area (Å²) in [7, 11) is 1.44. The van der Waals surface area contributed by atoms with Gasteiger partial charge in [0.05, 0.1) is 12.0 Å².